The van der Waals surface area contributed by atoms with Crippen molar-refractivity contribution in [2.24, 2.45) is 0 Å². The number of benzene rings is 1. The monoisotopic (exact) mass is 292 g/mol. The molecule has 0 radical (unpaired) electrons. The fourth-order valence-electron chi connectivity index (χ4n) is 1.76. The highest BCUT2D eigenvalue weighted by molar-refractivity contribution is 7.90. The average Bonchev–Trinajstić information content (AvgIpc) is 2.37. The number of carbonyl (C=O) groups is 1. The van der Waals surface area contributed by atoms with Gasteiger partial charge in [0.2, 0.25) is 0 Å². The summed E-state index contributed by atoms with van der Waals surface area (Å²) in [5.74, 6) is -1.01. The van der Waals surface area contributed by atoms with Gasteiger partial charge in [0.1, 0.15) is 5.82 Å². The molecule has 0 atom stereocenters. The van der Waals surface area contributed by atoms with Crippen molar-refractivity contribution in [2.75, 3.05) is 12.0 Å². The standard InChI is InChI=1S/C13H12N2O4S/c1-20(18,19)9-4-2-8(3-5-9)11-7-15-12(14)6-10(11)13(16)17/h2-7H,1H3,(H2,14,15)(H,16,17). The lowest BCUT2D eigenvalue weighted by Gasteiger charge is -2.07. The molecule has 0 aliphatic carbocycles. The van der Waals surface area contributed by atoms with Gasteiger partial charge in [-0.25, -0.2) is 18.2 Å². The highest BCUT2D eigenvalue weighted by atomic mass is 32.2. The fraction of sp³-hybridized carbons (Fsp3) is 0.0769. The van der Waals surface area contributed by atoms with Crippen LogP contribution in [-0.4, -0.2) is 30.7 Å². The molecule has 0 spiro atoms. The normalized spacial score (nSPS) is 11.2. The highest BCUT2D eigenvalue weighted by Gasteiger charge is 2.14. The predicted molar refractivity (Wildman–Crippen MR) is 74.2 cm³/mol. The Kier molecular flexibility index (Phi) is 3.46. The van der Waals surface area contributed by atoms with E-state index in [0.717, 1.165) is 6.26 Å². The Hall–Kier alpha value is -2.41. The number of carboxylic acids is 1. The summed E-state index contributed by atoms with van der Waals surface area (Å²) in [5.41, 5.74) is 6.43. The second-order valence-electron chi connectivity index (χ2n) is 4.26. The Balaban J connectivity index is 2.55. The first kappa shape index (κ1) is 14.0. The summed E-state index contributed by atoms with van der Waals surface area (Å²) in [7, 11) is -3.29. The Bertz CT molecular complexity index is 767. The van der Waals surface area contributed by atoms with Gasteiger partial charge in [0.05, 0.1) is 10.5 Å². The maximum Gasteiger partial charge on any atom is 0.336 e. The molecule has 0 aliphatic rings. The van der Waals surface area contributed by atoms with E-state index in [0.29, 0.717) is 11.1 Å². The maximum atomic E-state index is 11.4. The molecular formula is C13H12N2O4S. The van der Waals surface area contributed by atoms with Gasteiger partial charge in [0, 0.05) is 18.0 Å². The zero-order valence-corrected chi connectivity index (χ0v) is 11.4. The number of pyridine rings is 1. The van der Waals surface area contributed by atoms with Crippen molar-refractivity contribution in [1.29, 1.82) is 0 Å². The van der Waals surface area contributed by atoms with Crippen LogP contribution in [0.2, 0.25) is 0 Å². The van der Waals surface area contributed by atoms with E-state index >= 15 is 0 Å². The van der Waals surface area contributed by atoms with E-state index in [-0.39, 0.29) is 16.3 Å². The minimum absolute atomic E-state index is 0.0182. The Morgan fingerprint density at radius 2 is 1.85 bits per heavy atom. The minimum Gasteiger partial charge on any atom is -0.478 e. The number of carboxylic acid groups (broad SMARTS) is 1. The summed E-state index contributed by atoms with van der Waals surface area (Å²) < 4.78 is 22.8. The van der Waals surface area contributed by atoms with Crippen LogP contribution >= 0.6 is 0 Å². The smallest absolute Gasteiger partial charge is 0.336 e. The lowest BCUT2D eigenvalue weighted by Crippen LogP contribution is -2.03. The molecule has 2 rings (SSSR count). The summed E-state index contributed by atoms with van der Waals surface area (Å²) in [5, 5.41) is 9.16. The highest BCUT2D eigenvalue weighted by Crippen LogP contribution is 2.25. The molecular weight excluding hydrogens is 280 g/mol. The first-order valence-corrected chi connectivity index (χ1v) is 7.47. The van der Waals surface area contributed by atoms with Gasteiger partial charge >= 0.3 is 5.97 Å². The SMILES string of the molecule is CS(=O)(=O)c1ccc(-c2cnc(N)cc2C(=O)O)cc1. The summed E-state index contributed by atoms with van der Waals surface area (Å²) in [6.45, 7) is 0. The van der Waals surface area contributed by atoms with E-state index in [2.05, 4.69) is 4.98 Å². The van der Waals surface area contributed by atoms with Gasteiger partial charge in [-0.15, -0.1) is 0 Å². The Morgan fingerprint density at radius 1 is 1.25 bits per heavy atom. The van der Waals surface area contributed by atoms with Crippen LogP contribution in [0.15, 0.2) is 41.4 Å². The van der Waals surface area contributed by atoms with Crippen molar-refractivity contribution in [3.05, 3.63) is 42.1 Å². The third-order valence-electron chi connectivity index (χ3n) is 2.75. The third kappa shape index (κ3) is 2.77. The number of aromatic carboxylic acids is 1. The van der Waals surface area contributed by atoms with Gasteiger partial charge in [0.15, 0.2) is 9.84 Å². The number of hydrogen-bond acceptors (Lipinski definition) is 5. The van der Waals surface area contributed by atoms with Crippen LogP contribution in [0.1, 0.15) is 10.4 Å². The van der Waals surface area contributed by atoms with Crippen molar-refractivity contribution in [2.45, 2.75) is 4.90 Å². The Labute approximate surface area is 115 Å². The molecule has 0 fully saturated rings. The first-order chi connectivity index (χ1) is 9.29. The number of anilines is 1. The van der Waals surface area contributed by atoms with Crippen LogP contribution in [0.4, 0.5) is 5.82 Å². The first-order valence-electron chi connectivity index (χ1n) is 5.58. The van der Waals surface area contributed by atoms with Crippen molar-refractivity contribution < 1.29 is 18.3 Å². The molecule has 2 aromatic rings. The topological polar surface area (TPSA) is 110 Å². The van der Waals surface area contributed by atoms with Crippen molar-refractivity contribution in [3.63, 3.8) is 0 Å². The Morgan fingerprint density at radius 3 is 2.35 bits per heavy atom. The average molecular weight is 292 g/mol. The summed E-state index contributed by atoms with van der Waals surface area (Å²) in [6, 6.07) is 7.19. The van der Waals surface area contributed by atoms with Gasteiger partial charge in [0.25, 0.3) is 0 Å². The molecule has 20 heavy (non-hydrogen) atoms. The van der Waals surface area contributed by atoms with Crippen LogP contribution < -0.4 is 5.73 Å². The largest absolute Gasteiger partial charge is 0.478 e. The molecule has 0 saturated carbocycles. The second kappa shape index (κ2) is 4.93. The fourth-order valence-corrected chi connectivity index (χ4v) is 2.39. The third-order valence-corrected chi connectivity index (χ3v) is 3.88. The summed E-state index contributed by atoms with van der Waals surface area (Å²) in [4.78, 5) is 15.2. The van der Waals surface area contributed by atoms with Crippen molar-refractivity contribution in [3.8, 4) is 11.1 Å². The quantitative estimate of drug-likeness (QED) is 0.885. The lowest BCUT2D eigenvalue weighted by molar-refractivity contribution is 0.0697. The van der Waals surface area contributed by atoms with Gasteiger partial charge in [-0.1, -0.05) is 12.1 Å². The van der Waals surface area contributed by atoms with Crippen LogP contribution in [0.3, 0.4) is 0 Å². The lowest BCUT2D eigenvalue weighted by atomic mass is 10.0. The van der Waals surface area contributed by atoms with Crippen molar-refractivity contribution >= 4 is 21.6 Å². The number of nitrogens with two attached hydrogens (primary N) is 1. The number of nitrogen functional groups attached to an aromatic ring is 1. The molecule has 7 heteroatoms. The predicted octanol–water partition coefficient (Wildman–Crippen LogP) is 1.43. The van der Waals surface area contributed by atoms with Crippen LogP contribution in [0.5, 0.6) is 0 Å². The van der Waals surface area contributed by atoms with E-state index in [1.54, 1.807) is 0 Å². The van der Waals surface area contributed by atoms with Crippen LogP contribution in [-0.2, 0) is 9.84 Å². The van der Waals surface area contributed by atoms with Crippen molar-refractivity contribution in [1.82, 2.24) is 4.98 Å². The van der Waals surface area contributed by atoms with Gasteiger partial charge in [-0.2, -0.15) is 0 Å². The van der Waals surface area contributed by atoms with Gasteiger partial charge < -0.3 is 10.8 Å². The minimum atomic E-state index is -3.29. The molecule has 104 valence electrons. The number of aromatic nitrogens is 1. The number of sulfone groups is 1. The molecule has 0 aliphatic heterocycles. The zero-order valence-electron chi connectivity index (χ0n) is 10.6. The molecule has 0 bridgehead atoms. The molecule has 0 unspecified atom stereocenters. The molecule has 6 nitrogen and oxygen atoms in total. The summed E-state index contributed by atoms with van der Waals surface area (Å²) in [6.07, 6.45) is 2.46. The van der Waals surface area contributed by atoms with E-state index < -0.39 is 15.8 Å². The van der Waals surface area contributed by atoms with Gasteiger partial charge in [-0.05, 0) is 23.8 Å². The van der Waals surface area contributed by atoms with Crippen LogP contribution in [0, 0.1) is 0 Å². The maximum absolute atomic E-state index is 11.4. The second-order valence-corrected chi connectivity index (χ2v) is 6.27. The molecule has 1 aromatic heterocycles. The molecule has 1 heterocycles. The number of rotatable bonds is 3. The van der Waals surface area contributed by atoms with E-state index in [4.69, 9.17) is 10.8 Å². The molecule has 0 saturated heterocycles. The van der Waals surface area contributed by atoms with E-state index in [1.165, 1.54) is 36.5 Å². The van der Waals surface area contributed by atoms with Crippen LogP contribution in [0.25, 0.3) is 11.1 Å². The van der Waals surface area contributed by atoms with E-state index in [9.17, 15) is 13.2 Å². The van der Waals surface area contributed by atoms with E-state index in [1.807, 2.05) is 0 Å². The number of hydrogen-bond donors (Lipinski definition) is 2. The molecule has 0 amide bonds. The zero-order chi connectivity index (χ0) is 14.9. The van der Waals surface area contributed by atoms with Gasteiger partial charge in [-0.3, -0.25) is 0 Å². The molecule has 3 N–H and O–H groups in total. The number of nitrogens with zero attached hydrogens (tertiary/aromatic N) is 1. The summed E-state index contributed by atoms with van der Waals surface area (Å²) >= 11 is 0. The molecule has 1 aromatic carbocycles.